The van der Waals surface area contributed by atoms with Crippen LogP contribution in [0.1, 0.15) is 22.5 Å². The van der Waals surface area contributed by atoms with Gasteiger partial charge in [0.05, 0.1) is 11.5 Å². The van der Waals surface area contributed by atoms with Crippen LogP contribution in [0.25, 0.3) is 11.0 Å². The standard InChI is InChI=1S/C17H19NO4S/c1-3-9-18(13-8-10-23(20,21)11-13)17(19)16-12(2)14-6-4-5-7-15(14)22-16/h3-7,13H,1,8-11H2,2H3/t13-/m1/s1. The Morgan fingerprint density at radius 2 is 2.17 bits per heavy atom. The van der Waals surface area contributed by atoms with Crippen LogP contribution >= 0.6 is 0 Å². The predicted octanol–water partition coefficient (Wildman–Crippen LogP) is 2.56. The van der Waals surface area contributed by atoms with E-state index in [-0.39, 0.29) is 29.2 Å². The van der Waals surface area contributed by atoms with Crippen molar-refractivity contribution in [1.82, 2.24) is 4.90 Å². The van der Waals surface area contributed by atoms with Crippen LogP contribution in [-0.4, -0.2) is 43.3 Å². The van der Waals surface area contributed by atoms with E-state index in [0.29, 0.717) is 18.5 Å². The van der Waals surface area contributed by atoms with Gasteiger partial charge in [-0.15, -0.1) is 6.58 Å². The number of fused-ring (bicyclic) bond motifs is 1. The first kappa shape index (κ1) is 15.8. The van der Waals surface area contributed by atoms with Crippen LogP contribution in [0.4, 0.5) is 0 Å². The minimum absolute atomic E-state index is 0.00581. The van der Waals surface area contributed by atoms with Crippen molar-refractivity contribution in [3.63, 3.8) is 0 Å². The monoisotopic (exact) mass is 333 g/mol. The topological polar surface area (TPSA) is 67.6 Å². The van der Waals surface area contributed by atoms with E-state index in [9.17, 15) is 13.2 Å². The first-order valence-corrected chi connectivity index (χ1v) is 9.35. The molecule has 0 N–H and O–H groups in total. The summed E-state index contributed by atoms with van der Waals surface area (Å²) in [5.41, 5.74) is 1.44. The maximum atomic E-state index is 12.9. The van der Waals surface area contributed by atoms with Crippen LogP contribution < -0.4 is 0 Å². The zero-order valence-electron chi connectivity index (χ0n) is 13.0. The largest absolute Gasteiger partial charge is 0.451 e. The highest BCUT2D eigenvalue weighted by Crippen LogP contribution is 2.28. The Balaban J connectivity index is 1.97. The van der Waals surface area contributed by atoms with Crippen LogP contribution in [0.2, 0.25) is 0 Å². The van der Waals surface area contributed by atoms with Crippen molar-refractivity contribution in [1.29, 1.82) is 0 Å². The minimum Gasteiger partial charge on any atom is -0.451 e. The van der Waals surface area contributed by atoms with Crippen LogP contribution in [0.5, 0.6) is 0 Å². The van der Waals surface area contributed by atoms with E-state index in [2.05, 4.69) is 6.58 Å². The van der Waals surface area contributed by atoms with E-state index in [1.807, 2.05) is 31.2 Å². The maximum absolute atomic E-state index is 12.9. The number of benzene rings is 1. The lowest BCUT2D eigenvalue weighted by molar-refractivity contribution is 0.0689. The number of hydrogen-bond donors (Lipinski definition) is 0. The molecule has 23 heavy (non-hydrogen) atoms. The van der Waals surface area contributed by atoms with E-state index < -0.39 is 9.84 Å². The Hall–Kier alpha value is -2.08. The summed E-state index contributed by atoms with van der Waals surface area (Å²) in [6.45, 7) is 5.82. The minimum atomic E-state index is -3.07. The first-order valence-electron chi connectivity index (χ1n) is 7.53. The van der Waals surface area contributed by atoms with Gasteiger partial charge < -0.3 is 9.32 Å². The number of para-hydroxylation sites is 1. The predicted molar refractivity (Wildman–Crippen MR) is 89.2 cm³/mol. The Kier molecular flexibility index (Phi) is 4.02. The molecule has 2 heterocycles. The molecule has 1 saturated heterocycles. The van der Waals surface area contributed by atoms with Gasteiger partial charge in [0, 0.05) is 23.5 Å². The number of aryl methyl sites for hydroxylation is 1. The van der Waals surface area contributed by atoms with E-state index in [4.69, 9.17) is 4.42 Å². The molecule has 1 aliphatic rings. The summed E-state index contributed by atoms with van der Waals surface area (Å²) in [6.07, 6.45) is 2.07. The number of amides is 1. The lowest BCUT2D eigenvalue weighted by Gasteiger charge is -2.26. The lowest BCUT2D eigenvalue weighted by atomic mass is 10.1. The molecule has 2 aromatic rings. The molecule has 0 bridgehead atoms. The van der Waals surface area contributed by atoms with Gasteiger partial charge in [-0.1, -0.05) is 24.3 Å². The highest BCUT2D eigenvalue weighted by molar-refractivity contribution is 7.91. The summed E-state index contributed by atoms with van der Waals surface area (Å²) in [6, 6.07) is 7.15. The molecule has 0 aliphatic carbocycles. The zero-order chi connectivity index (χ0) is 16.6. The summed E-state index contributed by atoms with van der Waals surface area (Å²) >= 11 is 0. The molecule has 1 fully saturated rings. The van der Waals surface area contributed by atoms with Gasteiger partial charge in [-0.3, -0.25) is 4.79 Å². The molecule has 3 rings (SSSR count). The second-order valence-electron chi connectivity index (χ2n) is 5.86. The number of nitrogens with zero attached hydrogens (tertiary/aromatic N) is 1. The molecule has 0 saturated carbocycles. The highest BCUT2D eigenvalue weighted by Gasteiger charge is 2.36. The molecule has 1 amide bonds. The van der Waals surface area contributed by atoms with Crippen molar-refractivity contribution in [2.75, 3.05) is 18.1 Å². The third-order valence-corrected chi connectivity index (χ3v) is 6.02. The van der Waals surface area contributed by atoms with Crippen molar-refractivity contribution >= 4 is 26.7 Å². The fraction of sp³-hybridized carbons (Fsp3) is 0.353. The SMILES string of the molecule is C=CCN(C(=O)c1oc2ccccc2c1C)[C@@H]1CCS(=O)(=O)C1. The molecule has 122 valence electrons. The first-order chi connectivity index (χ1) is 10.9. The third-order valence-electron chi connectivity index (χ3n) is 4.27. The summed E-state index contributed by atoms with van der Waals surface area (Å²) in [4.78, 5) is 14.5. The maximum Gasteiger partial charge on any atom is 0.290 e. The van der Waals surface area contributed by atoms with E-state index in [0.717, 1.165) is 10.9 Å². The smallest absolute Gasteiger partial charge is 0.290 e. The molecule has 0 unspecified atom stereocenters. The average molecular weight is 333 g/mol. The summed E-state index contributed by atoms with van der Waals surface area (Å²) in [5.74, 6) is 0.127. The summed E-state index contributed by atoms with van der Waals surface area (Å²) < 4.78 is 29.2. The van der Waals surface area contributed by atoms with Gasteiger partial charge in [-0.05, 0) is 19.4 Å². The lowest BCUT2D eigenvalue weighted by Crippen LogP contribution is -2.41. The van der Waals surface area contributed by atoms with Gasteiger partial charge in [0.1, 0.15) is 5.58 Å². The number of carbonyl (C=O) groups excluding carboxylic acids is 1. The van der Waals surface area contributed by atoms with E-state index in [1.165, 1.54) is 0 Å². The normalized spacial score (nSPS) is 19.8. The second-order valence-corrected chi connectivity index (χ2v) is 8.08. The molecule has 0 spiro atoms. The molecular weight excluding hydrogens is 314 g/mol. The quantitative estimate of drug-likeness (QED) is 0.807. The molecule has 5 nitrogen and oxygen atoms in total. The van der Waals surface area contributed by atoms with E-state index >= 15 is 0 Å². The molecule has 1 aromatic heterocycles. The van der Waals surface area contributed by atoms with Gasteiger partial charge in [0.15, 0.2) is 15.6 Å². The van der Waals surface area contributed by atoms with Crippen LogP contribution in [0.15, 0.2) is 41.3 Å². The number of hydrogen-bond acceptors (Lipinski definition) is 4. The van der Waals surface area contributed by atoms with Crippen molar-refractivity contribution in [2.24, 2.45) is 0 Å². The van der Waals surface area contributed by atoms with Gasteiger partial charge in [0.2, 0.25) is 0 Å². The molecule has 1 atom stereocenters. The average Bonchev–Trinajstić information content (AvgIpc) is 3.05. The summed E-state index contributed by atoms with van der Waals surface area (Å²) in [5, 5.41) is 0.897. The van der Waals surface area contributed by atoms with Gasteiger partial charge in [-0.2, -0.15) is 0 Å². The molecule has 6 heteroatoms. The number of rotatable bonds is 4. The zero-order valence-corrected chi connectivity index (χ0v) is 13.8. The van der Waals surface area contributed by atoms with E-state index in [1.54, 1.807) is 11.0 Å². The fourth-order valence-corrected chi connectivity index (χ4v) is 4.80. The Bertz CT molecular complexity index is 866. The number of carbonyl (C=O) groups is 1. The number of sulfone groups is 1. The molecule has 0 radical (unpaired) electrons. The van der Waals surface area contributed by atoms with Crippen molar-refractivity contribution < 1.29 is 17.6 Å². The fourth-order valence-electron chi connectivity index (χ4n) is 3.07. The van der Waals surface area contributed by atoms with Gasteiger partial charge in [0.25, 0.3) is 5.91 Å². The van der Waals surface area contributed by atoms with Crippen LogP contribution in [0.3, 0.4) is 0 Å². The highest BCUT2D eigenvalue weighted by atomic mass is 32.2. The Morgan fingerprint density at radius 3 is 2.78 bits per heavy atom. The Morgan fingerprint density at radius 1 is 1.43 bits per heavy atom. The number of furan rings is 1. The van der Waals surface area contributed by atoms with Gasteiger partial charge in [-0.25, -0.2) is 8.42 Å². The second kappa shape index (κ2) is 5.85. The molecule has 1 aromatic carbocycles. The molecule has 1 aliphatic heterocycles. The van der Waals surface area contributed by atoms with Gasteiger partial charge >= 0.3 is 0 Å². The van der Waals surface area contributed by atoms with Crippen molar-refractivity contribution in [2.45, 2.75) is 19.4 Å². The van der Waals surface area contributed by atoms with Crippen molar-refractivity contribution in [3.8, 4) is 0 Å². The van der Waals surface area contributed by atoms with Crippen molar-refractivity contribution in [3.05, 3.63) is 48.2 Å². The Labute approximate surface area is 135 Å². The summed E-state index contributed by atoms with van der Waals surface area (Å²) in [7, 11) is -3.07. The van der Waals surface area contributed by atoms with Crippen LogP contribution in [0, 0.1) is 6.92 Å². The van der Waals surface area contributed by atoms with Crippen LogP contribution in [-0.2, 0) is 9.84 Å². The third kappa shape index (κ3) is 2.91. The molecular formula is C17H19NO4S.